The van der Waals surface area contributed by atoms with Crippen molar-refractivity contribution in [2.45, 2.75) is 39.0 Å². The molecule has 0 bridgehead atoms. The largest absolute Gasteiger partial charge is 0.467 e. The molecule has 0 radical (unpaired) electrons. The summed E-state index contributed by atoms with van der Waals surface area (Å²) in [6.07, 6.45) is 0.934. The van der Waals surface area contributed by atoms with E-state index in [2.05, 4.69) is 5.32 Å². The van der Waals surface area contributed by atoms with E-state index in [1.165, 1.54) is 12.1 Å². The van der Waals surface area contributed by atoms with Crippen LogP contribution in [0.2, 0.25) is 0 Å². The number of carbonyl (C=O) groups is 2. The highest BCUT2D eigenvalue weighted by Crippen LogP contribution is 2.40. The number of hydrogen-bond donors (Lipinski definition) is 1. The standard InChI is InChI=1S/C28H28FN3O3/c1-19-7-12-24(20(2)17-19)30-27(34)31-15-13-28(14-16-31)32(18-21-8-10-22(29)11-9-21)26(33)23-5-3-4-6-25(23)35-28/h3-12,17H,13-16,18H2,1-2H3,(H,30,34). The van der Waals surface area contributed by atoms with Gasteiger partial charge in [-0.1, -0.05) is 42.0 Å². The Balaban J connectivity index is 1.36. The lowest BCUT2D eigenvalue weighted by molar-refractivity contribution is -0.109. The molecular formula is C28H28FN3O3. The van der Waals surface area contributed by atoms with E-state index in [0.717, 1.165) is 22.4 Å². The van der Waals surface area contributed by atoms with Gasteiger partial charge in [-0.15, -0.1) is 0 Å². The maximum Gasteiger partial charge on any atom is 0.321 e. The normalized spacial score (nSPS) is 16.6. The average Bonchev–Trinajstić information content (AvgIpc) is 2.85. The summed E-state index contributed by atoms with van der Waals surface area (Å²) in [5, 5.41) is 3.01. The molecule has 1 fully saturated rings. The molecule has 1 spiro atoms. The number of nitrogens with zero attached hydrogens (tertiary/aromatic N) is 2. The minimum Gasteiger partial charge on any atom is -0.467 e. The number of benzene rings is 3. The number of urea groups is 1. The molecule has 3 aromatic rings. The molecule has 180 valence electrons. The first-order chi connectivity index (χ1) is 16.8. The number of anilines is 1. The van der Waals surface area contributed by atoms with Crippen LogP contribution in [0.3, 0.4) is 0 Å². The van der Waals surface area contributed by atoms with Gasteiger partial charge in [0.2, 0.25) is 0 Å². The Bertz CT molecular complexity index is 1270. The SMILES string of the molecule is Cc1ccc(NC(=O)N2CCC3(CC2)Oc2ccccc2C(=O)N3Cc2ccc(F)cc2)c(C)c1. The zero-order valence-electron chi connectivity index (χ0n) is 19.9. The smallest absolute Gasteiger partial charge is 0.321 e. The molecule has 35 heavy (non-hydrogen) atoms. The quantitative estimate of drug-likeness (QED) is 0.546. The van der Waals surface area contributed by atoms with E-state index >= 15 is 0 Å². The van der Waals surface area contributed by atoms with Gasteiger partial charge in [-0.3, -0.25) is 9.69 Å². The zero-order valence-corrected chi connectivity index (χ0v) is 19.9. The summed E-state index contributed by atoms with van der Waals surface area (Å²) in [5.74, 6) is 0.114. The van der Waals surface area contributed by atoms with Crippen molar-refractivity contribution in [2.24, 2.45) is 0 Å². The van der Waals surface area contributed by atoms with Crippen LogP contribution in [0.5, 0.6) is 5.75 Å². The van der Waals surface area contributed by atoms with Crippen LogP contribution in [0.15, 0.2) is 66.7 Å². The molecule has 3 aromatic carbocycles. The molecule has 0 unspecified atom stereocenters. The van der Waals surface area contributed by atoms with Gasteiger partial charge < -0.3 is 15.0 Å². The number of carbonyl (C=O) groups excluding carboxylic acids is 2. The molecule has 2 heterocycles. The Morgan fingerprint density at radius 2 is 1.74 bits per heavy atom. The molecule has 1 N–H and O–H groups in total. The Morgan fingerprint density at radius 1 is 1.03 bits per heavy atom. The number of ether oxygens (including phenoxy) is 1. The van der Waals surface area contributed by atoms with E-state index in [-0.39, 0.29) is 17.8 Å². The summed E-state index contributed by atoms with van der Waals surface area (Å²) in [7, 11) is 0. The molecule has 0 aliphatic carbocycles. The number of nitrogens with one attached hydrogen (secondary N) is 1. The number of piperidine rings is 1. The number of aryl methyl sites for hydroxylation is 2. The molecule has 0 aromatic heterocycles. The average molecular weight is 474 g/mol. The van der Waals surface area contributed by atoms with E-state index in [4.69, 9.17) is 4.74 Å². The minimum absolute atomic E-state index is 0.121. The van der Waals surface area contributed by atoms with Crippen molar-refractivity contribution in [3.63, 3.8) is 0 Å². The topological polar surface area (TPSA) is 61.9 Å². The molecule has 2 aliphatic rings. The fourth-order valence-electron chi connectivity index (χ4n) is 4.89. The molecule has 0 saturated carbocycles. The lowest BCUT2D eigenvalue weighted by Crippen LogP contribution is -2.63. The Kier molecular flexibility index (Phi) is 5.93. The van der Waals surface area contributed by atoms with Gasteiger partial charge in [0.1, 0.15) is 11.6 Å². The summed E-state index contributed by atoms with van der Waals surface area (Å²) in [6.45, 7) is 5.16. The van der Waals surface area contributed by atoms with Crippen LogP contribution in [0.25, 0.3) is 0 Å². The zero-order chi connectivity index (χ0) is 24.6. The van der Waals surface area contributed by atoms with Crippen LogP contribution in [0.1, 0.15) is 39.9 Å². The maximum atomic E-state index is 13.6. The molecule has 7 heteroatoms. The van der Waals surface area contributed by atoms with Crippen LogP contribution < -0.4 is 10.1 Å². The van der Waals surface area contributed by atoms with Gasteiger partial charge in [0.15, 0.2) is 5.72 Å². The van der Waals surface area contributed by atoms with E-state index < -0.39 is 5.72 Å². The second kappa shape index (κ2) is 9.06. The molecule has 1 saturated heterocycles. The van der Waals surface area contributed by atoms with Crippen molar-refractivity contribution in [3.05, 3.63) is 94.8 Å². The maximum absolute atomic E-state index is 13.6. The number of halogens is 1. The molecule has 3 amide bonds. The highest BCUT2D eigenvalue weighted by atomic mass is 19.1. The fourth-order valence-corrected chi connectivity index (χ4v) is 4.89. The van der Waals surface area contributed by atoms with E-state index in [0.29, 0.717) is 43.8 Å². The van der Waals surface area contributed by atoms with Crippen molar-refractivity contribution >= 4 is 17.6 Å². The number of likely N-dealkylation sites (tertiary alicyclic amines) is 1. The van der Waals surface area contributed by atoms with Gasteiger partial charge in [0, 0.05) is 38.2 Å². The van der Waals surface area contributed by atoms with Crippen LogP contribution >= 0.6 is 0 Å². The molecular weight excluding hydrogens is 445 g/mol. The summed E-state index contributed by atoms with van der Waals surface area (Å²) < 4.78 is 19.9. The summed E-state index contributed by atoms with van der Waals surface area (Å²) in [5.41, 5.74) is 3.39. The predicted molar refractivity (Wildman–Crippen MR) is 132 cm³/mol. The van der Waals surface area contributed by atoms with Crippen molar-refractivity contribution in [1.82, 2.24) is 9.80 Å². The Labute approximate surface area is 204 Å². The van der Waals surface area contributed by atoms with E-state index in [1.807, 2.05) is 50.2 Å². The summed E-state index contributed by atoms with van der Waals surface area (Å²) >= 11 is 0. The van der Waals surface area contributed by atoms with Crippen LogP contribution in [0, 0.1) is 19.7 Å². The minimum atomic E-state index is -0.879. The third-order valence-corrected chi connectivity index (χ3v) is 6.86. The van der Waals surface area contributed by atoms with Gasteiger partial charge in [-0.05, 0) is 55.3 Å². The number of hydrogen-bond acceptors (Lipinski definition) is 3. The van der Waals surface area contributed by atoms with Crippen molar-refractivity contribution in [3.8, 4) is 5.75 Å². The van der Waals surface area contributed by atoms with Gasteiger partial charge in [-0.2, -0.15) is 0 Å². The third kappa shape index (κ3) is 4.46. The van der Waals surface area contributed by atoms with Gasteiger partial charge in [-0.25, -0.2) is 9.18 Å². The van der Waals surface area contributed by atoms with Crippen molar-refractivity contribution < 1.29 is 18.7 Å². The highest BCUT2D eigenvalue weighted by Gasteiger charge is 2.49. The number of fused-ring (bicyclic) bond motifs is 1. The molecule has 0 atom stereocenters. The summed E-state index contributed by atoms with van der Waals surface area (Å²) in [4.78, 5) is 30.1. The Hall–Kier alpha value is -3.87. The van der Waals surface area contributed by atoms with Gasteiger partial charge in [0.25, 0.3) is 5.91 Å². The van der Waals surface area contributed by atoms with Crippen LogP contribution in [-0.4, -0.2) is 40.6 Å². The van der Waals surface area contributed by atoms with Gasteiger partial charge in [0.05, 0.1) is 5.56 Å². The van der Waals surface area contributed by atoms with E-state index in [1.54, 1.807) is 28.0 Å². The first-order valence-corrected chi connectivity index (χ1v) is 11.8. The first kappa shape index (κ1) is 22.9. The molecule has 6 nitrogen and oxygen atoms in total. The summed E-state index contributed by atoms with van der Waals surface area (Å²) in [6, 6.07) is 19.1. The number of rotatable bonds is 3. The molecule has 2 aliphatic heterocycles. The van der Waals surface area contributed by atoms with E-state index in [9.17, 15) is 14.0 Å². The molecule has 5 rings (SSSR count). The third-order valence-electron chi connectivity index (χ3n) is 6.86. The lowest BCUT2D eigenvalue weighted by atomic mass is 9.93. The van der Waals surface area contributed by atoms with Gasteiger partial charge >= 0.3 is 6.03 Å². The highest BCUT2D eigenvalue weighted by molar-refractivity contribution is 5.98. The van der Waals surface area contributed by atoms with Crippen LogP contribution in [-0.2, 0) is 6.54 Å². The monoisotopic (exact) mass is 473 g/mol. The van der Waals surface area contributed by atoms with Crippen molar-refractivity contribution in [2.75, 3.05) is 18.4 Å². The van der Waals surface area contributed by atoms with Crippen LogP contribution in [0.4, 0.5) is 14.9 Å². The second-order valence-electron chi connectivity index (χ2n) is 9.30. The number of amides is 3. The van der Waals surface area contributed by atoms with Crippen molar-refractivity contribution in [1.29, 1.82) is 0 Å². The predicted octanol–water partition coefficient (Wildman–Crippen LogP) is 5.50. The Morgan fingerprint density at radius 3 is 2.46 bits per heavy atom. The fraction of sp³-hybridized carbons (Fsp3) is 0.286. The lowest BCUT2D eigenvalue weighted by Gasteiger charge is -2.50. The second-order valence-corrected chi connectivity index (χ2v) is 9.30. The first-order valence-electron chi connectivity index (χ1n) is 11.8. The number of para-hydroxylation sites is 1.